The number of hydrogen-bond donors (Lipinski definition) is 1. The minimum atomic E-state index is 0.456. The van der Waals surface area contributed by atoms with Crippen molar-refractivity contribution in [3.8, 4) is 11.4 Å². The third-order valence-corrected chi connectivity index (χ3v) is 5.19. The second-order valence-electron chi connectivity index (χ2n) is 5.83. The Hall–Kier alpha value is -1.46. The van der Waals surface area contributed by atoms with E-state index in [-0.39, 0.29) is 0 Å². The molecule has 4 rings (SSSR count). The monoisotopic (exact) mass is 301 g/mol. The lowest BCUT2D eigenvalue weighted by Crippen LogP contribution is -2.38. The highest BCUT2D eigenvalue weighted by Crippen LogP contribution is 2.36. The minimum Gasteiger partial charge on any atom is -0.378 e. The molecule has 2 heterocycles. The van der Waals surface area contributed by atoms with Crippen molar-refractivity contribution in [2.24, 2.45) is 5.92 Å². The molecule has 2 aliphatic rings. The molecule has 4 nitrogen and oxygen atoms in total. The van der Waals surface area contributed by atoms with E-state index in [1.807, 2.05) is 30.3 Å². The van der Waals surface area contributed by atoms with Gasteiger partial charge in [-0.05, 0) is 25.7 Å². The number of fused-ring (bicyclic) bond motifs is 1. The first kappa shape index (κ1) is 13.2. The molecule has 0 radical (unpaired) electrons. The Labute approximate surface area is 128 Å². The fourth-order valence-electron chi connectivity index (χ4n) is 3.50. The Kier molecular flexibility index (Phi) is 3.61. The molecule has 1 aromatic heterocycles. The molecule has 0 bridgehead atoms. The topological polar surface area (TPSA) is 47.0 Å². The number of anilines is 1. The van der Waals surface area contributed by atoms with Crippen LogP contribution in [0.1, 0.15) is 25.7 Å². The standard InChI is InChI=1S/C16H19N3OS/c1-2-5-11(6-3-1)15-18-16(21-19-15)17-13-7-4-8-14-12(13)9-10-20-14/h1-3,5-6,12-14H,4,7-10H2,(H,17,18,19). The van der Waals surface area contributed by atoms with Gasteiger partial charge in [0, 0.05) is 35.7 Å². The molecular weight excluding hydrogens is 282 g/mol. The van der Waals surface area contributed by atoms with Gasteiger partial charge in [0.2, 0.25) is 5.13 Å². The van der Waals surface area contributed by atoms with Crippen LogP contribution in [0.15, 0.2) is 30.3 Å². The van der Waals surface area contributed by atoms with E-state index < -0.39 is 0 Å². The van der Waals surface area contributed by atoms with E-state index >= 15 is 0 Å². The van der Waals surface area contributed by atoms with E-state index in [2.05, 4.69) is 14.7 Å². The number of ether oxygens (including phenoxy) is 1. The summed E-state index contributed by atoms with van der Waals surface area (Å²) < 4.78 is 10.3. The fourth-order valence-corrected chi connectivity index (χ4v) is 4.15. The number of benzene rings is 1. The summed E-state index contributed by atoms with van der Waals surface area (Å²) in [6.45, 7) is 0.916. The molecule has 1 saturated heterocycles. The third kappa shape index (κ3) is 2.68. The first-order valence-corrected chi connectivity index (χ1v) is 8.45. The van der Waals surface area contributed by atoms with Crippen LogP contribution in [-0.4, -0.2) is 28.1 Å². The van der Waals surface area contributed by atoms with Gasteiger partial charge in [-0.15, -0.1) is 0 Å². The molecule has 1 aliphatic heterocycles. The van der Waals surface area contributed by atoms with Crippen LogP contribution in [0.3, 0.4) is 0 Å². The lowest BCUT2D eigenvalue weighted by Gasteiger charge is -2.32. The van der Waals surface area contributed by atoms with Crippen molar-refractivity contribution in [1.29, 1.82) is 0 Å². The maximum absolute atomic E-state index is 5.83. The van der Waals surface area contributed by atoms with Gasteiger partial charge in [-0.25, -0.2) is 0 Å². The molecule has 2 aromatic rings. The van der Waals surface area contributed by atoms with Crippen LogP contribution in [-0.2, 0) is 4.74 Å². The van der Waals surface area contributed by atoms with Crippen molar-refractivity contribution in [2.75, 3.05) is 11.9 Å². The average molecular weight is 301 g/mol. The quantitative estimate of drug-likeness (QED) is 0.941. The van der Waals surface area contributed by atoms with Gasteiger partial charge in [0.05, 0.1) is 6.10 Å². The molecular formula is C16H19N3OS. The zero-order valence-corrected chi connectivity index (χ0v) is 12.7. The number of rotatable bonds is 3. The number of nitrogens with one attached hydrogen (secondary N) is 1. The summed E-state index contributed by atoms with van der Waals surface area (Å²) in [5.74, 6) is 1.46. The Morgan fingerprint density at radius 3 is 2.95 bits per heavy atom. The Bertz CT molecular complexity index is 601. The van der Waals surface area contributed by atoms with Crippen LogP contribution >= 0.6 is 11.5 Å². The zero-order valence-electron chi connectivity index (χ0n) is 11.9. The van der Waals surface area contributed by atoms with Gasteiger partial charge in [0.1, 0.15) is 0 Å². The van der Waals surface area contributed by atoms with Crippen LogP contribution in [0, 0.1) is 5.92 Å². The summed E-state index contributed by atoms with van der Waals surface area (Å²) >= 11 is 1.46. The molecule has 3 atom stereocenters. The molecule has 3 unspecified atom stereocenters. The van der Waals surface area contributed by atoms with Crippen molar-refractivity contribution in [3.63, 3.8) is 0 Å². The van der Waals surface area contributed by atoms with E-state index in [9.17, 15) is 0 Å². The van der Waals surface area contributed by atoms with E-state index in [1.165, 1.54) is 37.2 Å². The van der Waals surface area contributed by atoms with Gasteiger partial charge >= 0.3 is 0 Å². The fraction of sp³-hybridized carbons (Fsp3) is 0.500. The predicted molar refractivity (Wildman–Crippen MR) is 84.5 cm³/mol. The van der Waals surface area contributed by atoms with E-state index in [1.54, 1.807) is 0 Å². The maximum atomic E-state index is 5.83. The number of hydrogen-bond acceptors (Lipinski definition) is 5. The first-order chi connectivity index (χ1) is 10.4. The molecule has 21 heavy (non-hydrogen) atoms. The second kappa shape index (κ2) is 5.73. The van der Waals surface area contributed by atoms with Gasteiger partial charge in [-0.3, -0.25) is 0 Å². The first-order valence-electron chi connectivity index (χ1n) is 7.67. The molecule has 1 N–H and O–H groups in total. The molecule has 5 heteroatoms. The van der Waals surface area contributed by atoms with Crippen LogP contribution in [0.2, 0.25) is 0 Å². The van der Waals surface area contributed by atoms with Crippen molar-refractivity contribution < 1.29 is 4.74 Å². The lowest BCUT2D eigenvalue weighted by molar-refractivity contribution is 0.0620. The summed E-state index contributed by atoms with van der Waals surface area (Å²) in [5.41, 5.74) is 1.08. The zero-order chi connectivity index (χ0) is 14.1. The Morgan fingerprint density at radius 1 is 1.14 bits per heavy atom. The molecule has 0 amide bonds. The van der Waals surface area contributed by atoms with E-state index in [0.29, 0.717) is 18.1 Å². The van der Waals surface area contributed by atoms with Crippen molar-refractivity contribution in [3.05, 3.63) is 30.3 Å². The molecule has 2 fully saturated rings. The van der Waals surface area contributed by atoms with Crippen LogP contribution in [0.25, 0.3) is 11.4 Å². The highest BCUT2D eigenvalue weighted by Gasteiger charge is 2.37. The summed E-state index contributed by atoms with van der Waals surface area (Å²) in [6, 6.07) is 10.6. The largest absolute Gasteiger partial charge is 0.378 e. The van der Waals surface area contributed by atoms with E-state index in [4.69, 9.17) is 4.74 Å². The van der Waals surface area contributed by atoms with Crippen LogP contribution in [0.5, 0.6) is 0 Å². The maximum Gasteiger partial charge on any atom is 0.203 e. The number of aromatic nitrogens is 2. The van der Waals surface area contributed by atoms with Crippen molar-refractivity contribution >= 4 is 16.7 Å². The van der Waals surface area contributed by atoms with Gasteiger partial charge in [-0.2, -0.15) is 9.36 Å². The molecule has 0 spiro atoms. The minimum absolute atomic E-state index is 0.456. The van der Waals surface area contributed by atoms with Gasteiger partial charge < -0.3 is 10.1 Å². The van der Waals surface area contributed by atoms with Crippen molar-refractivity contribution in [2.45, 2.75) is 37.8 Å². The van der Waals surface area contributed by atoms with E-state index in [0.717, 1.165) is 23.1 Å². The third-order valence-electron chi connectivity index (χ3n) is 4.55. The molecule has 110 valence electrons. The molecule has 1 aromatic carbocycles. The predicted octanol–water partition coefficient (Wildman–Crippen LogP) is 3.57. The van der Waals surface area contributed by atoms with Gasteiger partial charge in [-0.1, -0.05) is 30.3 Å². The summed E-state index contributed by atoms with van der Waals surface area (Å²) in [5, 5.41) is 4.54. The Morgan fingerprint density at radius 2 is 2.05 bits per heavy atom. The molecule has 1 aliphatic carbocycles. The lowest BCUT2D eigenvalue weighted by atomic mass is 9.82. The summed E-state index contributed by atoms with van der Waals surface area (Å²) in [6.07, 6.45) is 5.30. The normalized spacial score (nSPS) is 28.3. The number of nitrogens with zero attached hydrogens (tertiary/aromatic N) is 2. The smallest absolute Gasteiger partial charge is 0.203 e. The van der Waals surface area contributed by atoms with Crippen LogP contribution in [0.4, 0.5) is 5.13 Å². The highest BCUT2D eigenvalue weighted by atomic mass is 32.1. The summed E-state index contributed by atoms with van der Waals surface area (Å²) in [7, 11) is 0. The Balaban J connectivity index is 1.49. The average Bonchev–Trinajstić information content (AvgIpc) is 3.17. The SMILES string of the molecule is c1ccc(-c2nsc(NC3CCCC4OCCC34)n2)cc1. The highest BCUT2D eigenvalue weighted by molar-refractivity contribution is 7.09. The summed E-state index contributed by atoms with van der Waals surface area (Å²) in [4.78, 5) is 4.64. The van der Waals surface area contributed by atoms with Crippen LogP contribution < -0.4 is 5.32 Å². The molecule has 1 saturated carbocycles. The van der Waals surface area contributed by atoms with Gasteiger partial charge in [0.25, 0.3) is 0 Å². The second-order valence-corrected chi connectivity index (χ2v) is 6.58. The van der Waals surface area contributed by atoms with Crippen molar-refractivity contribution in [1.82, 2.24) is 9.36 Å². The van der Waals surface area contributed by atoms with Gasteiger partial charge in [0.15, 0.2) is 5.82 Å².